The lowest BCUT2D eigenvalue weighted by Crippen LogP contribution is -2.29. The summed E-state index contributed by atoms with van der Waals surface area (Å²) in [6, 6.07) is 28.3. The van der Waals surface area contributed by atoms with Crippen molar-refractivity contribution < 1.29 is 4.79 Å². The molecule has 3 aromatic rings. The van der Waals surface area contributed by atoms with Gasteiger partial charge in [-0.1, -0.05) is 72.8 Å². The second kappa shape index (κ2) is 6.90. The van der Waals surface area contributed by atoms with Crippen LogP contribution in [0.1, 0.15) is 33.0 Å². The number of hydrogen-bond donors (Lipinski definition) is 2. The first-order valence-electron chi connectivity index (χ1n) is 7.50. The summed E-state index contributed by atoms with van der Waals surface area (Å²) < 4.78 is 0. The lowest BCUT2D eigenvalue weighted by Gasteiger charge is -2.19. The summed E-state index contributed by atoms with van der Waals surface area (Å²) in [6.07, 6.45) is 0. The molecule has 0 radical (unpaired) electrons. The fraction of sp³-hybridized carbons (Fsp3) is 0.0500. The minimum Gasteiger partial charge on any atom is -0.290 e. The highest BCUT2D eigenvalue weighted by molar-refractivity contribution is 5.93. The molecule has 0 spiro atoms. The highest BCUT2D eigenvalue weighted by atomic mass is 16.2. The van der Waals surface area contributed by atoms with E-state index in [4.69, 9.17) is 5.84 Å². The zero-order valence-corrected chi connectivity index (χ0v) is 12.6. The standard InChI is InChI=1S/C20H18N2O/c21-22-20(23)18-13-11-17(12-14-18)19(15-7-3-1-4-8-15)16-9-5-2-6-10-16/h1-14,19H,21H2,(H,22,23). The Balaban J connectivity index is 2.04. The van der Waals surface area contributed by atoms with E-state index in [1.54, 1.807) is 12.1 Å². The van der Waals surface area contributed by atoms with E-state index in [-0.39, 0.29) is 11.8 Å². The number of nitrogens with one attached hydrogen (secondary N) is 1. The van der Waals surface area contributed by atoms with Crippen LogP contribution in [-0.4, -0.2) is 5.91 Å². The number of hydrogen-bond acceptors (Lipinski definition) is 2. The van der Waals surface area contributed by atoms with Crippen molar-refractivity contribution in [3.05, 3.63) is 107 Å². The molecular formula is C20H18N2O. The number of carbonyl (C=O) groups is 1. The van der Waals surface area contributed by atoms with Gasteiger partial charge in [-0.3, -0.25) is 10.2 Å². The van der Waals surface area contributed by atoms with E-state index in [1.807, 2.05) is 48.5 Å². The van der Waals surface area contributed by atoms with Crippen LogP contribution in [0.2, 0.25) is 0 Å². The van der Waals surface area contributed by atoms with Crippen LogP contribution >= 0.6 is 0 Å². The molecule has 0 unspecified atom stereocenters. The van der Waals surface area contributed by atoms with Crippen molar-refractivity contribution in [1.82, 2.24) is 5.43 Å². The summed E-state index contributed by atoms with van der Waals surface area (Å²) in [4.78, 5) is 11.6. The Morgan fingerprint density at radius 1 is 0.696 bits per heavy atom. The molecule has 23 heavy (non-hydrogen) atoms. The Bertz CT molecular complexity index is 728. The first kappa shape index (κ1) is 15.0. The Hall–Kier alpha value is -2.91. The predicted octanol–water partition coefficient (Wildman–Crippen LogP) is 3.47. The van der Waals surface area contributed by atoms with Crippen molar-refractivity contribution in [1.29, 1.82) is 0 Å². The fourth-order valence-electron chi connectivity index (χ4n) is 2.78. The van der Waals surface area contributed by atoms with Crippen molar-refractivity contribution >= 4 is 5.91 Å². The molecular weight excluding hydrogens is 284 g/mol. The minimum atomic E-state index is -0.285. The number of rotatable bonds is 4. The molecule has 114 valence electrons. The van der Waals surface area contributed by atoms with Gasteiger partial charge in [0.25, 0.3) is 5.91 Å². The van der Waals surface area contributed by atoms with E-state index in [2.05, 4.69) is 29.7 Å². The molecule has 3 nitrogen and oxygen atoms in total. The van der Waals surface area contributed by atoms with Crippen molar-refractivity contribution in [2.24, 2.45) is 5.84 Å². The van der Waals surface area contributed by atoms with E-state index in [0.29, 0.717) is 5.56 Å². The lowest BCUT2D eigenvalue weighted by atomic mass is 9.85. The van der Waals surface area contributed by atoms with E-state index in [1.165, 1.54) is 11.1 Å². The van der Waals surface area contributed by atoms with Gasteiger partial charge in [-0.25, -0.2) is 5.84 Å². The van der Waals surface area contributed by atoms with E-state index in [0.717, 1.165) is 5.56 Å². The monoisotopic (exact) mass is 302 g/mol. The van der Waals surface area contributed by atoms with Crippen molar-refractivity contribution in [3.63, 3.8) is 0 Å². The van der Waals surface area contributed by atoms with Gasteiger partial charge in [0, 0.05) is 11.5 Å². The van der Waals surface area contributed by atoms with Crippen LogP contribution in [0.15, 0.2) is 84.9 Å². The molecule has 0 bridgehead atoms. The van der Waals surface area contributed by atoms with Gasteiger partial charge in [0.1, 0.15) is 0 Å². The second-order valence-corrected chi connectivity index (χ2v) is 5.35. The molecule has 0 saturated carbocycles. The molecule has 3 rings (SSSR count). The summed E-state index contributed by atoms with van der Waals surface area (Å²) in [5.41, 5.74) is 6.28. The van der Waals surface area contributed by atoms with Crippen LogP contribution in [0.5, 0.6) is 0 Å². The first-order chi connectivity index (χ1) is 11.3. The van der Waals surface area contributed by atoms with Crippen LogP contribution in [0.25, 0.3) is 0 Å². The summed E-state index contributed by atoms with van der Waals surface area (Å²) in [5, 5.41) is 0. The second-order valence-electron chi connectivity index (χ2n) is 5.35. The molecule has 0 saturated heterocycles. The maximum atomic E-state index is 11.6. The predicted molar refractivity (Wildman–Crippen MR) is 91.9 cm³/mol. The third-order valence-corrected chi connectivity index (χ3v) is 3.90. The molecule has 0 aromatic heterocycles. The number of hydrazine groups is 1. The van der Waals surface area contributed by atoms with Crippen molar-refractivity contribution in [3.8, 4) is 0 Å². The highest BCUT2D eigenvalue weighted by Gasteiger charge is 2.16. The summed E-state index contributed by atoms with van der Waals surface area (Å²) in [5.74, 6) is 5.03. The third-order valence-electron chi connectivity index (χ3n) is 3.90. The number of nitrogens with two attached hydrogens (primary N) is 1. The Kier molecular flexibility index (Phi) is 4.50. The summed E-state index contributed by atoms with van der Waals surface area (Å²) in [7, 11) is 0. The molecule has 1 amide bonds. The smallest absolute Gasteiger partial charge is 0.265 e. The molecule has 0 heterocycles. The van der Waals surface area contributed by atoms with Crippen LogP contribution in [0.3, 0.4) is 0 Å². The Morgan fingerprint density at radius 3 is 1.57 bits per heavy atom. The van der Waals surface area contributed by atoms with Gasteiger partial charge in [0.05, 0.1) is 0 Å². The maximum absolute atomic E-state index is 11.6. The minimum absolute atomic E-state index is 0.132. The highest BCUT2D eigenvalue weighted by Crippen LogP contribution is 2.31. The number of carbonyl (C=O) groups excluding carboxylic acids is 1. The van der Waals surface area contributed by atoms with Gasteiger partial charge in [-0.15, -0.1) is 0 Å². The molecule has 3 aromatic carbocycles. The molecule has 0 aliphatic rings. The molecule has 0 aliphatic heterocycles. The summed E-state index contributed by atoms with van der Waals surface area (Å²) >= 11 is 0. The van der Waals surface area contributed by atoms with Gasteiger partial charge in [0.2, 0.25) is 0 Å². The molecule has 0 fully saturated rings. The van der Waals surface area contributed by atoms with Crippen LogP contribution in [0.4, 0.5) is 0 Å². The van der Waals surface area contributed by atoms with Gasteiger partial charge in [-0.05, 0) is 28.8 Å². The van der Waals surface area contributed by atoms with Crippen molar-refractivity contribution in [2.75, 3.05) is 0 Å². The Labute approximate surface area is 135 Å². The average molecular weight is 302 g/mol. The maximum Gasteiger partial charge on any atom is 0.265 e. The number of benzene rings is 3. The molecule has 0 atom stereocenters. The average Bonchev–Trinajstić information content (AvgIpc) is 2.64. The van der Waals surface area contributed by atoms with Gasteiger partial charge in [0.15, 0.2) is 0 Å². The number of amides is 1. The van der Waals surface area contributed by atoms with Gasteiger partial charge < -0.3 is 0 Å². The number of nitrogen functional groups attached to an aromatic ring is 1. The van der Waals surface area contributed by atoms with Gasteiger partial charge in [-0.2, -0.15) is 0 Å². The molecule has 0 aliphatic carbocycles. The normalized spacial score (nSPS) is 10.5. The largest absolute Gasteiger partial charge is 0.290 e. The Morgan fingerprint density at radius 2 is 1.13 bits per heavy atom. The van der Waals surface area contributed by atoms with Gasteiger partial charge >= 0.3 is 0 Å². The zero-order chi connectivity index (χ0) is 16.1. The SMILES string of the molecule is NNC(=O)c1ccc(C(c2ccccc2)c2ccccc2)cc1. The summed E-state index contributed by atoms with van der Waals surface area (Å²) in [6.45, 7) is 0. The quantitative estimate of drug-likeness (QED) is 0.335. The van der Waals surface area contributed by atoms with E-state index >= 15 is 0 Å². The van der Waals surface area contributed by atoms with Crippen LogP contribution < -0.4 is 11.3 Å². The topological polar surface area (TPSA) is 55.1 Å². The molecule has 3 N–H and O–H groups in total. The van der Waals surface area contributed by atoms with E-state index in [9.17, 15) is 4.79 Å². The third kappa shape index (κ3) is 3.30. The molecule has 3 heteroatoms. The van der Waals surface area contributed by atoms with Crippen molar-refractivity contribution in [2.45, 2.75) is 5.92 Å². The fourth-order valence-corrected chi connectivity index (χ4v) is 2.78. The lowest BCUT2D eigenvalue weighted by molar-refractivity contribution is 0.0953. The zero-order valence-electron chi connectivity index (χ0n) is 12.6. The van der Waals surface area contributed by atoms with E-state index < -0.39 is 0 Å². The van der Waals surface area contributed by atoms with Crippen LogP contribution in [-0.2, 0) is 0 Å². The van der Waals surface area contributed by atoms with Crippen LogP contribution in [0, 0.1) is 0 Å². The first-order valence-corrected chi connectivity index (χ1v) is 7.50.